The Bertz CT molecular complexity index is 386. The van der Waals surface area contributed by atoms with E-state index in [0.29, 0.717) is 5.69 Å². The maximum Gasteiger partial charge on any atom is 0.327 e. The smallest absolute Gasteiger partial charge is 0.327 e. The van der Waals surface area contributed by atoms with Crippen molar-refractivity contribution in [1.82, 2.24) is 0 Å². The third-order valence-electron chi connectivity index (χ3n) is 1.95. The molecule has 88 valence electrons. The minimum Gasteiger partial charge on any atom is -0.505 e. The lowest BCUT2D eigenvalue weighted by Crippen LogP contribution is -2.27. The van der Waals surface area contributed by atoms with Crippen LogP contribution in [0.1, 0.15) is 6.92 Å². The number of nitrogens with one attached hydrogen (secondary N) is 1. The molecule has 1 unspecified atom stereocenters. The van der Waals surface area contributed by atoms with Gasteiger partial charge in [-0.2, -0.15) is 0 Å². The highest BCUT2D eigenvalue weighted by atomic mass is 35.5. The van der Waals surface area contributed by atoms with E-state index in [1.807, 2.05) is 0 Å². The van der Waals surface area contributed by atoms with E-state index < -0.39 is 12.0 Å². The summed E-state index contributed by atoms with van der Waals surface area (Å²) in [6, 6.07) is 2.42. The molecule has 0 radical (unpaired) electrons. The highest BCUT2D eigenvalue weighted by Gasteiger charge is 2.14. The van der Waals surface area contributed by atoms with Crippen LogP contribution in [-0.4, -0.2) is 24.2 Å². The van der Waals surface area contributed by atoms with E-state index in [1.165, 1.54) is 19.2 Å². The fraction of sp³-hybridized carbons (Fsp3) is 0.300. The number of benzene rings is 1. The number of rotatable bonds is 3. The zero-order chi connectivity index (χ0) is 12.3. The van der Waals surface area contributed by atoms with Gasteiger partial charge in [0.05, 0.1) is 17.2 Å². The molecule has 0 aliphatic heterocycles. The Morgan fingerprint density at radius 1 is 1.44 bits per heavy atom. The van der Waals surface area contributed by atoms with Crippen LogP contribution in [-0.2, 0) is 9.53 Å². The molecule has 0 aromatic heterocycles. The minimum atomic E-state index is -0.526. The summed E-state index contributed by atoms with van der Waals surface area (Å²) in [4.78, 5) is 11.2. The summed E-state index contributed by atoms with van der Waals surface area (Å²) in [5, 5.41) is 12.4. The van der Waals surface area contributed by atoms with Crippen molar-refractivity contribution >= 4 is 34.9 Å². The Morgan fingerprint density at radius 3 is 2.38 bits per heavy atom. The van der Waals surface area contributed by atoms with Gasteiger partial charge in [0.15, 0.2) is 5.75 Å². The second-order valence-electron chi connectivity index (χ2n) is 3.18. The van der Waals surface area contributed by atoms with Crippen LogP contribution in [0.2, 0.25) is 10.0 Å². The van der Waals surface area contributed by atoms with Crippen molar-refractivity contribution in [2.75, 3.05) is 12.4 Å². The van der Waals surface area contributed by atoms with E-state index in [-0.39, 0.29) is 15.8 Å². The molecule has 0 aliphatic rings. The molecule has 1 atom stereocenters. The van der Waals surface area contributed by atoms with Gasteiger partial charge in [-0.3, -0.25) is 0 Å². The van der Waals surface area contributed by atoms with Crippen LogP contribution in [0.3, 0.4) is 0 Å². The Morgan fingerprint density at radius 2 is 1.94 bits per heavy atom. The molecule has 1 aromatic carbocycles. The van der Waals surface area contributed by atoms with Crippen molar-refractivity contribution in [3.63, 3.8) is 0 Å². The van der Waals surface area contributed by atoms with Gasteiger partial charge in [0.2, 0.25) is 0 Å². The van der Waals surface area contributed by atoms with Crippen molar-refractivity contribution in [1.29, 1.82) is 0 Å². The van der Waals surface area contributed by atoms with Gasteiger partial charge in [-0.05, 0) is 19.1 Å². The Kier molecular flexibility index (Phi) is 4.26. The van der Waals surface area contributed by atoms with E-state index in [2.05, 4.69) is 10.1 Å². The lowest BCUT2D eigenvalue weighted by molar-refractivity contribution is -0.141. The summed E-state index contributed by atoms with van der Waals surface area (Å²) < 4.78 is 4.55. The van der Waals surface area contributed by atoms with Gasteiger partial charge in [-0.25, -0.2) is 4.79 Å². The summed E-state index contributed by atoms with van der Waals surface area (Å²) >= 11 is 11.5. The highest BCUT2D eigenvalue weighted by molar-refractivity contribution is 6.37. The molecule has 0 saturated heterocycles. The van der Waals surface area contributed by atoms with Crippen molar-refractivity contribution in [3.8, 4) is 5.75 Å². The molecule has 4 nitrogen and oxygen atoms in total. The van der Waals surface area contributed by atoms with Crippen molar-refractivity contribution < 1.29 is 14.6 Å². The molecule has 0 bridgehead atoms. The van der Waals surface area contributed by atoms with Gasteiger partial charge in [0.25, 0.3) is 0 Å². The number of ether oxygens (including phenoxy) is 1. The maximum atomic E-state index is 11.2. The van der Waals surface area contributed by atoms with Gasteiger partial charge < -0.3 is 15.2 Å². The number of hydrogen-bond donors (Lipinski definition) is 2. The molecule has 2 N–H and O–H groups in total. The molecule has 1 rings (SSSR count). The van der Waals surface area contributed by atoms with E-state index in [4.69, 9.17) is 23.2 Å². The molecule has 6 heteroatoms. The average molecular weight is 264 g/mol. The first-order chi connectivity index (χ1) is 7.45. The molecule has 0 aliphatic carbocycles. The van der Waals surface area contributed by atoms with E-state index >= 15 is 0 Å². The number of phenols is 1. The Balaban J connectivity index is 2.86. The summed E-state index contributed by atoms with van der Waals surface area (Å²) in [6.07, 6.45) is 0. The zero-order valence-electron chi connectivity index (χ0n) is 8.75. The van der Waals surface area contributed by atoms with Gasteiger partial charge in [-0.1, -0.05) is 23.2 Å². The maximum absolute atomic E-state index is 11.2. The Labute approximate surface area is 103 Å². The number of anilines is 1. The van der Waals surface area contributed by atoms with Crippen molar-refractivity contribution in [3.05, 3.63) is 22.2 Å². The number of carbonyl (C=O) groups excluding carboxylic acids is 1. The summed E-state index contributed by atoms with van der Waals surface area (Å²) in [6.45, 7) is 1.64. The standard InChI is InChI=1S/C10H11Cl2NO3/c1-5(10(15)16-2)13-6-3-7(11)9(14)8(12)4-6/h3-5,13-14H,1-2H3. The Hall–Kier alpha value is -1.13. The minimum absolute atomic E-state index is 0.118. The molecule has 0 fully saturated rings. The highest BCUT2D eigenvalue weighted by Crippen LogP contribution is 2.34. The summed E-state index contributed by atoms with van der Waals surface area (Å²) in [5.41, 5.74) is 0.533. The molecule has 0 heterocycles. The zero-order valence-corrected chi connectivity index (χ0v) is 10.3. The normalized spacial score (nSPS) is 12.0. The topological polar surface area (TPSA) is 58.6 Å². The average Bonchev–Trinajstić information content (AvgIpc) is 2.24. The third kappa shape index (κ3) is 2.93. The number of methoxy groups -OCH3 is 1. The van der Waals surface area contributed by atoms with E-state index in [9.17, 15) is 9.90 Å². The SMILES string of the molecule is COC(=O)C(C)Nc1cc(Cl)c(O)c(Cl)c1. The number of esters is 1. The quantitative estimate of drug-likeness (QED) is 0.651. The molecule has 0 saturated carbocycles. The molecule has 0 amide bonds. The van der Waals surface area contributed by atoms with Crippen molar-refractivity contribution in [2.45, 2.75) is 13.0 Å². The molecule has 1 aromatic rings. The predicted molar refractivity (Wildman–Crippen MR) is 63.2 cm³/mol. The van der Waals surface area contributed by atoms with Crippen LogP contribution in [0.15, 0.2) is 12.1 Å². The first-order valence-corrected chi connectivity index (χ1v) is 5.23. The number of hydrogen-bond acceptors (Lipinski definition) is 4. The van der Waals surface area contributed by atoms with Crippen LogP contribution in [0, 0.1) is 0 Å². The molecular formula is C10H11Cl2NO3. The second kappa shape index (κ2) is 5.27. The largest absolute Gasteiger partial charge is 0.505 e. The van der Waals surface area contributed by atoms with Crippen LogP contribution in [0.4, 0.5) is 5.69 Å². The van der Waals surface area contributed by atoms with Gasteiger partial charge in [-0.15, -0.1) is 0 Å². The lowest BCUT2D eigenvalue weighted by atomic mass is 10.2. The first kappa shape index (κ1) is 12.9. The number of phenolic OH excluding ortho intramolecular Hbond substituents is 1. The van der Waals surface area contributed by atoms with Gasteiger partial charge in [0.1, 0.15) is 6.04 Å². The monoisotopic (exact) mass is 263 g/mol. The van der Waals surface area contributed by atoms with Crippen LogP contribution in [0.25, 0.3) is 0 Å². The molecule has 0 spiro atoms. The fourth-order valence-electron chi connectivity index (χ4n) is 1.13. The summed E-state index contributed by atoms with van der Waals surface area (Å²) in [7, 11) is 1.30. The van der Waals surface area contributed by atoms with E-state index in [0.717, 1.165) is 0 Å². The lowest BCUT2D eigenvalue weighted by Gasteiger charge is -2.13. The second-order valence-corrected chi connectivity index (χ2v) is 3.99. The first-order valence-electron chi connectivity index (χ1n) is 4.48. The molecule has 16 heavy (non-hydrogen) atoms. The predicted octanol–water partition coefficient (Wildman–Crippen LogP) is 2.67. The number of aromatic hydroxyl groups is 1. The number of carbonyl (C=O) groups is 1. The third-order valence-corrected chi connectivity index (χ3v) is 2.53. The van der Waals surface area contributed by atoms with Crippen molar-refractivity contribution in [2.24, 2.45) is 0 Å². The molecular weight excluding hydrogens is 253 g/mol. The van der Waals surface area contributed by atoms with Crippen LogP contribution in [0.5, 0.6) is 5.75 Å². The van der Waals surface area contributed by atoms with Gasteiger partial charge >= 0.3 is 5.97 Å². The van der Waals surface area contributed by atoms with Gasteiger partial charge in [0, 0.05) is 5.69 Å². The summed E-state index contributed by atoms with van der Waals surface area (Å²) in [5.74, 6) is -0.583. The van der Waals surface area contributed by atoms with Crippen LogP contribution >= 0.6 is 23.2 Å². The number of halogens is 2. The fourth-order valence-corrected chi connectivity index (χ4v) is 1.62. The van der Waals surface area contributed by atoms with E-state index in [1.54, 1.807) is 6.92 Å². The van der Waals surface area contributed by atoms with Crippen LogP contribution < -0.4 is 5.32 Å².